The molecule has 0 bridgehead atoms. The molecule has 32 heavy (non-hydrogen) atoms. The van der Waals surface area contributed by atoms with Gasteiger partial charge in [0.1, 0.15) is 11.9 Å². The Balaban J connectivity index is 1.31. The smallest absolute Gasteiger partial charge is 0.326 e. The fraction of sp³-hybridized carbons (Fsp3) is 0.720. The van der Waals surface area contributed by atoms with Crippen molar-refractivity contribution in [3.63, 3.8) is 0 Å². The number of aryl methyl sites for hydroxylation is 2. The summed E-state index contributed by atoms with van der Waals surface area (Å²) in [5.74, 6) is 0.829. The first-order valence-electron chi connectivity index (χ1n) is 12.3. The topological polar surface area (TPSA) is 101 Å². The molecule has 1 amide bonds. The quantitative estimate of drug-likeness (QED) is 0.425. The van der Waals surface area contributed by atoms with Gasteiger partial charge in [-0.3, -0.25) is 4.79 Å². The van der Waals surface area contributed by atoms with Crippen molar-refractivity contribution in [3.05, 3.63) is 23.4 Å². The van der Waals surface area contributed by atoms with Crippen molar-refractivity contribution in [3.8, 4) is 0 Å². The number of carboxylic acid groups (broad SMARTS) is 1. The van der Waals surface area contributed by atoms with Crippen LogP contribution in [0.2, 0.25) is 0 Å². The summed E-state index contributed by atoms with van der Waals surface area (Å²) in [7, 11) is 0. The highest BCUT2D eigenvalue weighted by Gasteiger charge is 2.30. The molecule has 3 rings (SSSR count). The molecule has 1 aromatic heterocycles. The van der Waals surface area contributed by atoms with Crippen molar-refractivity contribution in [2.24, 2.45) is 11.8 Å². The maximum absolute atomic E-state index is 12.1. The van der Waals surface area contributed by atoms with Gasteiger partial charge in [-0.15, -0.1) is 0 Å². The molecule has 1 atom stereocenters. The highest BCUT2D eigenvalue weighted by Crippen LogP contribution is 2.34. The number of ether oxygens (including phenoxy) is 1. The van der Waals surface area contributed by atoms with E-state index in [1.165, 1.54) is 12.0 Å². The molecule has 178 valence electrons. The van der Waals surface area contributed by atoms with E-state index >= 15 is 0 Å². The maximum atomic E-state index is 12.1. The largest absolute Gasteiger partial charge is 0.480 e. The van der Waals surface area contributed by atoms with Crippen LogP contribution in [0.15, 0.2) is 12.1 Å². The first kappa shape index (κ1) is 24.5. The number of carbonyl (C=O) groups excluding carboxylic acids is 1. The molecule has 0 saturated heterocycles. The summed E-state index contributed by atoms with van der Waals surface area (Å²) in [5, 5.41) is 15.5. The lowest BCUT2D eigenvalue weighted by Crippen LogP contribution is -2.42. The molecule has 1 unspecified atom stereocenters. The van der Waals surface area contributed by atoms with Gasteiger partial charge in [-0.2, -0.15) is 0 Å². The molecule has 1 aromatic rings. The first-order valence-corrected chi connectivity index (χ1v) is 12.3. The van der Waals surface area contributed by atoms with Gasteiger partial charge in [0.15, 0.2) is 0 Å². The van der Waals surface area contributed by atoms with Gasteiger partial charge in [0.2, 0.25) is 5.91 Å². The van der Waals surface area contributed by atoms with Crippen LogP contribution in [0.25, 0.3) is 0 Å². The highest BCUT2D eigenvalue weighted by molar-refractivity contribution is 5.83. The number of aromatic nitrogens is 1. The lowest BCUT2D eigenvalue weighted by molar-refractivity contribution is -0.143. The van der Waals surface area contributed by atoms with Gasteiger partial charge in [0.25, 0.3) is 0 Å². The van der Waals surface area contributed by atoms with Crippen LogP contribution in [-0.4, -0.2) is 47.3 Å². The molecule has 3 N–H and O–H groups in total. The molecule has 0 aromatic carbocycles. The van der Waals surface area contributed by atoms with E-state index in [2.05, 4.69) is 36.6 Å². The molecule has 1 aliphatic heterocycles. The van der Waals surface area contributed by atoms with E-state index in [1.54, 1.807) is 0 Å². The van der Waals surface area contributed by atoms with Crippen LogP contribution in [-0.2, 0) is 27.2 Å². The maximum Gasteiger partial charge on any atom is 0.326 e. The van der Waals surface area contributed by atoms with Crippen LogP contribution in [0, 0.1) is 11.8 Å². The summed E-state index contributed by atoms with van der Waals surface area (Å²) >= 11 is 0. The number of fused-ring (bicyclic) bond motifs is 1. The number of rotatable bonds is 13. The van der Waals surface area contributed by atoms with Crippen molar-refractivity contribution in [2.75, 3.05) is 18.5 Å². The van der Waals surface area contributed by atoms with E-state index in [0.717, 1.165) is 63.0 Å². The van der Waals surface area contributed by atoms with Crippen molar-refractivity contribution in [1.29, 1.82) is 0 Å². The Hall–Kier alpha value is -2.15. The average molecular weight is 446 g/mol. The molecular formula is C25H39N3O4. The summed E-state index contributed by atoms with van der Waals surface area (Å²) in [6.45, 7) is 5.47. The van der Waals surface area contributed by atoms with E-state index in [9.17, 15) is 14.7 Å². The zero-order valence-corrected chi connectivity index (χ0v) is 19.6. The lowest BCUT2D eigenvalue weighted by atomic mass is 9.79. The van der Waals surface area contributed by atoms with Gasteiger partial charge in [-0.1, -0.05) is 32.8 Å². The molecule has 0 spiro atoms. The standard InChI is InChI=1S/C25H39N3O4/c1-3-17(4-2)16-23(29)28-22(25(30)31)11-13-32-21-14-18(15-21)7-9-20-10-8-19-6-5-12-26-24(19)27-20/h8,10,17-18,21-22H,3-7,9,11-16H2,1-2H3,(H,26,27)(H,28,29)(H,30,31)/t18-,21+,22?. The number of hydrogen-bond donors (Lipinski definition) is 3. The van der Waals surface area contributed by atoms with Crippen molar-refractivity contribution in [2.45, 2.75) is 90.2 Å². The van der Waals surface area contributed by atoms with Crippen LogP contribution in [0.5, 0.6) is 0 Å². The third-order valence-electron chi connectivity index (χ3n) is 6.98. The fourth-order valence-electron chi connectivity index (χ4n) is 4.61. The monoisotopic (exact) mass is 445 g/mol. The van der Waals surface area contributed by atoms with Crippen LogP contribution in [0.4, 0.5) is 5.82 Å². The Morgan fingerprint density at radius 1 is 1.28 bits per heavy atom. The van der Waals surface area contributed by atoms with E-state index in [-0.39, 0.29) is 12.0 Å². The molecule has 7 nitrogen and oxygen atoms in total. The summed E-state index contributed by atoms with van der Waals surface area (Å²) in [6, 6.07) is 3.48. The van der Waals surface area contributed by atoms with E-state index in [1.807, 2.05) is 0 Å². The molecule has 2 aliphatic rings. The number of aliphatic carboxylic acids is 1. The number of hydrogen-bond acceptors (Lipinski definition) is 5. The number of pyridine rings is 1. The molecule has 1 aliphatic carbocycles. The second-order valence-electron chi connectivity index (χ2n) is 9.34. The lowest BCUT2D eigenvalue weighted by Gasteiger charge is -2.35. The van der Waals surface area contributed by atoms with Crippen molar-refractivity contribution < 1.29 is 19.4 Å². The van der Waals surface area contributed by atoms with Gasteiger partial charge < -0.3 is 20.5 Å². The highest BCUT2D eigenvalue weighted by atomic mass is 16.5. The number of amides is 1. The summed E-state index contributed by atoms with van der Waals surface area (Å²) in [5.41, 5.74) is 2.47. The Labute approximate surface area is 191 Å². The normalized spacial score (nSPS) is 20.7. The SMILES string of the molecule is CCC(CC)CC(=O)NC(CCO[C@H]1C[C@@H](CCc2ccc3c(n2)NCCC3)C1)C(=O)O. The number of nitrogens with one attached hydrogen (secondary N) is 2. The zero-order chi connectivity index (χ0) is 22.9. The molecular weight excluding hydrogens is 406 g/mol. The third kappa shape index (κ3) is 7.19. The predicted molar refractivity (Wildman–Crippen MR) is 125 cm³/mol. The first-order chi connectivity index (χ1) is 15.5. The molecule has 1 fully saturated rings. The van der Waals surface area contributed by atoms with E-state index in [4.69, 9.17) is 9.72 Å². The third-order valence-corrected chi connectivity index (χ3v) is 6.98. The van der Waals surface area contributed by atoms with E-state index < -0.39 is 12.0 Å². The second kappa shape index (κ2) is 12.2. The number of carbonyl (C=O) groups is 2. The van der Waals surface area contributed by atoms with Crippen molar-refractivity contribution in [1.82, 2.24) is 10.3 Å². The fourth-order valence-corrected chi connectivity index (χ4v) is 4.61. The summed E-state index contributed by atoms with van der Waals surface area (Å²) in [4.78, 5) is 28.4. The number of carboxylic acids is 1. The molecule has 2 heterocycles. The number of anilines is 1. The van der Waals surface area contributed by atoms with Crippen LogP contribution in [0.1, 0.15) is 76.5 Å². The summed E-state index contributed by atoms with van der Waals surface area (Å²) < 4.78 is 5.88. The Kier molecular flexibility index (Phi) is 9.33. The van der Waals surface area contributed by atoms with Gasteiger partial charge in [-0.05, 0) is 62.0 Å². The second-order valence-corrected chi connectivity index (χ2v) is 9.34. The predicted octanol–water partition coefficient (Wildman–Crippen LogP) is 3.95. The zero-order valence-electron chi connectivity index (χ0n) is 19.6. The van der Waals surface area contributed by atoms with Crippen LogP contribution in [0.3, 0.4) is 0 Å². The minimum absolute atomic E-state index is 0.180. The van der Waals surface area contributed by atoms with Gasteiger partial charge in [0.05, 0.1) is 6.10 Å². The van der Waals surface area contributed by atoms with Gasteiger partial charge in [-0.25, -0.2) is 9.78 Å². The van der Waals surface area contributed by atoms with E-state index in [0.29, 0.717) is 31.3 Å². The molecule has 7 heteroatoms. The minimum Gasteiger partial charge on any atom is -0.480 e. The Bertz CT molecular complexity index is 760. The minimum atomic E-state index is -0.995. The Morgan fingerprint density at radius 2 is 2.06 bits per heavy atom. The Morgan fingerprint density at radius 3 is 2.78 bits per heavy atom. The molecule has 0 radical (unpaired) electrons. The average Bonchev–Trinajstić information content (AvgIpc) is 2.77. The van der Waals surface area contributed by atoms with Crippen LogP contribution < -0.4 is 10.6 Å². The van der Waals surface area contributed by atoms with Gasteiger partial charge in [0, 0.05) is 31.7 Å². The van der Waals surface area contributed by atoms with Crippen molar-refractivity contribution >= 4 is 17.7 Å². The molecule has 1 saturated carbocycles. The van der Waals surface area contributed by atoms with Crippen LogP contribution >= 0.6 is 0 Å². The number of nitrogens with zero attached hydrogens (tertiary/aromatic N) is 1. The van der Waals surface area contributed by atoms with Gasteiger partial charge >= 0.3 is 5.97 Å². The summed E-state index contributed by atoms with van der Waals surface area (Å²) in [6.07, 6.45) is 9.15.